The van der Waals surface area contributed by atoms with E-state index < -0.39 is 27.4 Å². The largest absolute Gasteiger partial charge is 0.466 e. The predicted molar refractivity (Wildman–Crippen MR) is 119 cm³/mol. The number of benzene rings is 1. The van der Waals surface area contributed by atoms with Gasteiger partial charge in [-0.2, -0.15) is 0 Å². The molecule has 2 amide bonds. The van der Waals surface area contributed by atoms with Crippen molar-refractivity contribution >= 4 is 46.8 Å². The van der Waals surface area contributed by atoms with Gasteiger partial charge in [-0.25, -0.2) is 0 Å². The van der Waals surface area contributed by atoms with Gasteiger partial charge in [0.1, 0.15) is 6.04 Å². The number of halogens is 1. The quantitative estimate of drug-likeness (QED) is 0.600. The molecule has 3 fully saturated rings. The van der Waals surface area contributed by atoms with Crippen molar-refractivity contribution in [1.29, 1.82) is 0 Å². The fourth-order valence-electron chi connectivity index (χ4n) is 5.56. The molecule has 1 aromatic rings. The fraction of sp³-hybridized carbons (Fsp3) is 0.591. The maximum Gasteiger partial charge on any atom is 0.311 e. The average molecular weight is 467 g/mol. The molecule has 4 rings (SSSR count). The van der Waals surface area contributed by atoms with Gasteiger partial charge in [-0.15, -0.1) is 11.8 Å². The lowest BCUT2D eigenvalue weighted by Crippen LogP contribution is -2.51. The third-order valence-electron chi connectivity index (χ3n) is 6.75. The van der Waals surface area contributed by atoms with Crippen LogP contribution < -0.4 is 5.32 Å². The maximum absolute atomic E-state index is 13.6. The number of carbonyl (C=O) groups is 3. The van der Waals surface area contributed by atoms with Crippen molar-refractivity contribution in [2.45, 2.75) is 48.6 Å². The number of likely N-dealkylation sites (tertiary alicyclic amines) is 1. The summed E-state index contributed by atoms with van der Waals surface area (Å²) in [5.74, 6) is -2.10. The molecule has 1 spiro atoms. The lowest BCUT2D eigenvalue weighted by Gasteiger charge is -2.34. The zero-order valence-electron chi connectivity index (χ0n) is 17.6. The molecule has 3 saturated heterocycles. The number of carbonyl (C=O) groups excluding carboxylic acids is 3. The van der Waals surface area contributed by atoms with Gasteiger partial charge in [0.05, 0.1) is 33.9 Å². The first-order chi connectivity index (χ1) is 14.8. The molecule has 3 aliphatic heterocycles. The van der Waals surface area contributed by atoms with Gasteiger partial charge in [0.25, 0.3) is 0 Å². The van der Waals surface area contributed by atoms with Crippen molar-refractivity contribution in [2.24, 2.45) is 11.8 Å². The molecule has 31 heavy (non-hydrogen) atoms. The van der Waals surface area contributed by atoms with Crippen molar-refractivity contribution in [3.05, 3.63) is 29.3 Å². The fourth-order valence-corrected chi connectivity index (χ4v) is 8.09. The molecule has 0 aromatic heterocycles. The van der Waals surface area contributed by atoms with E-state index in [0.717, 1.165) is 6.42 Å². The number of esters is 1. The maximum atomic E-state index is 13.6. The minimum Gasteiger partial charge on any atom is -0.466 e. The second-order valence-electron chi connectivity index (χ2n) is 8.56. The third kappa shape index (κ3) is 3.43. The monoisotopic (exact) mass is 466 g/mol. The number of rotatable bonds is 7. The van der Waals surface area contributed by atoms with Crippen LogP contribution in [0.4, 0.5) is 5.69 Å². The topological polar surface area (TPSA) is 95.9 Å². The molecule has 9 heteroatoms. The molecular weight excluding hydrogens is 440 g/mol. The number of thioether (sulfide) groups is 1. The Morgan fingerprint density at radius 1 is 1.35 bits per heavy atom. The number of hydrogen-bond acceptors (Lipinski definition) is 6. The van der Waals surface area contributed by atoms with Gasteiger partial charge in [0.15, 0.2) is 0 Å². The van der Waals surface area contributed by atoms with Gasteiger partial charge in [-0.3, -0.25) is 14.4 Å². The van der Waals surface area contributed by atoms with Crippen LogP contribution in [0.1, 0.15) is 33.1 Å². The number of nitrogens with zero attached hydrogens (tertiary/aromatic N) is 1. The highest BCUT2D eigenvalue weighted by Crippen LogP contribution is 2.71. The van der Waals surface area contributed by atoms with E-state index in [1.165, 1.54) is 0 Å². The molecule has 3 aliphatic rings. The lowest BCUT2D eigenvalue weighted by molar-refractivity contribution is -0.155. The highest BCUT2D eigenvalue weighted by atomic mass is 35.5. The first kappa shape index (κ1) is 22.4. The standard InChI is InChI=1S/C22H27ClN2O5S/c1-3-30-20(29)16-15-19(28)25(11-6-12-26)17(22(15)10-9-21(16,2)31-22)18(27)24-14-8-5-4-7-13(14)23/h4-5,7-8,15-17,26H,3,6,9-12H2,1-2H3,(H,24,27)/t15-,16-,17?,21+,22?/m0/s1. The number of hydrogen-bond donors (Lipinski definition) is 2. The first-order valence-corrected chi connectivity index (χ1v) is 11.8. The van der Waals surface area contributed by atoms with Gasteiger partial charge in [-0.1, -0.05) is 23.7 Å². The number of aliphatic hydroxyl groups excluding tert-OH is 1. The summed E-state index contributed by atoms with van der Waals surface area (Å²) in [6, 6.07) is 6.21. The molecule has 1 aromatic carbocycles. The van der Waals surface area contributed by atoms with Crippen LogP contribution in [0.25, 0.3) is 0 Å². The second-order valence-corrected chi connectivity index (χ2v) is 10.9. The number of fused-ring (bicyclic) bond motifs is 1. The summed E-state index contributed by atoms with van der Waals surface area (Å²) in [4.78, 5) is 41.6. The van der Waals surface area contributed by atoms with Crippen LogP contribution in [0.15, 0.2) is 24.3 Å². The van der Waals surface area contributed by atoms with Gasteiger partial charge >= 0.3 is 5.97 Å². The van der Waals surface area contributed by atoms with Crippen LogP contribution in [-0.2, 0) is 19.1 Å². The van der Waals surface area contributed by atoms with Crippen LogP contribution in [0.5, 0.6) is 0 Å². The van der Waals surface area contributed by atoms with E-state index in [1.54, 1.807) is 47.9 Å². The summed E-state index contributed by atoms with van der Waals surface area (Å²) < 4.78 is 4.19. The van der Waals surface area contributed by atoms with E-state index in [0.29, 0.717) is 23.6 Å². The average Bonchev–Trinajstić information content (AvgIpc) is 3.29. The Morgan fingerprint density at radius 2 is 2.10 bits per heavy atom. The predicted octanol–water partition coefficient (Wildman–Crippen LogP) is 2.71. The summed E-state index contributed by atoms with van der Waals surface area (Å²) in [7, 11) is 0. The van der Waals surface area contributed by atoms with Crippen molar-refractivity contribution < 1.29 is 24.2 Å². The molecule has 0 saturated carbocycles. The van der Waals surface area contributed by atoms with Crippen molar-refractivity contribution in [1.82, 2.24) is 4.90 Å². The zero-order chi connectivity index (χ0) is 22.4. The molecule has 2 unspecified atom stereocenters. The molecule has 0 aliphatic carbocycles. The second kappa shape index (κ2) is 8.30. The summed E-state index contributed by atoms with van der Waals surface area (Å²) in [5.41, 5.74) is 0.481. The molecule has 7 nitrogen and oxygen atoms in total. The minimum atomic E-state index is -0.751. The van der Waals surface area contributed by atoms with Gasteiger partial charge in [0, 0.05) is 17.9 Å². The highest BCUT2D eigenvalue weighted by molar-refractivity contribution is 8.02. The third-order valence-corrected chi connectivity index (χ3v) is 9.07. The van der Waals surface area contributed by atoms with Crippen LogP contribution in [0, 0.1) is 11.8 Å². The van der Waals surface area contributed by atoms with Crippen LogP contribution >= 0.6 is 23.4 Å². The number of amides is 2. The van der Waals surface area contributed by atoms with Crippen molar-refractivity contribution in [2.75, 3.05) is 25.1 Å². The molecule has 2 N–H and O–H groups in total. The van der Waals surface area contributed by atoms with E-state index in [9.17, 15) is 19.5 Å². The Bertz CT molecular complexity index is 914. The van der Waals surface area contributed by atoms with E-state index in [-0.39, 0.29) is 37.5 Å². The summed E-state index contributed by atoms with van der Waals surface area (Å²) in [6.07, 6.45) is 1.75. The Morgan fingerprint density at radius 3 is 2.77 bits per heavy atom. The molecule has 2 bridgehead atoms. The smallest absolute Gasteiger partial charge is 0.311 e. The zero-order valence-corrected chi connectivity index (χ0v) is 19.2. The Hall–Kier alpha value is -1.77. The number of para-hydroxylation sites is 1. The van der Waals surface area contributed by atoms with Gasteiger partial charge in [0.2, 0.25) is 11.8 Å². The van der Waals surface area contributed by atoms with Crippen LogP contribution in [0.3, 0.4) is 0 Å². The van der Waals surface area contributed by atoms with E-state index in [2.05, 4.69) is 5.32 Å². The Kier molecular flexibility index (Phi) is 6.00. The van der Waals surface area contributed by atoms with E-state index in [4.69, 9.17) is 16.3 Å². The van der Waals surface area contributed by atoms with E-state index in [1.807, 2.05) is 6.92 Å². The van der Waals surface area contributed by atoms with Crippen LogP contribution in [0.2, 0.25) is 5.02 Å². The number of anilines is 1. The number of ether oxygens (including phenoxy) is 1. The molecular formula is C22H27ClN2O5S. The SMILES string of the molecule is CCOC(=O)[C@@H]1[C@H]2C(=O)N(CCCO)C(C(=O)Nc3ccccc3Cl)C23CC[C@@]1(C)S3. The molecule has 3 heterocycles. The van der Waals surface area contributed by atoms with Crippen molar-refractivity contribution in [3.8, 4) is 0 Å². The molecule has 168 valence electrons. The van der Waals surface area contributed by atoms with E-state index >= 15 is 0 Å². The summed E-state index contributed by atoms with van der Waals surface area (Å²) in [5, 5.41) is 12.7. The summed E-state index contributed by atoms with van der Waals surface area (Å²) >= 11 is 7.83. The normalized spacial score (nSPS) is 33.5. The Labute approximate surface area is 190 Å². The summed E-state index contributed by atoms with van der Waals surface area (Å²) in [6.45, 7) is 4.16. The highest BCUT2D eigenvalue weighted by Gasteiger charge is 2.77. The lowest BCUT2D eigenvalue weighted by atomic mass is 9.66. The Balaban J connectivity index is 1.72. The number of nitrogens with one attached hydrogen (secondary N) is 1. The van der Waals surface area contributed by atoms with Gasteiger partial charge < -0.3 is 20.1 Å². The number of aliphatic hydroxyl groups is 1. The van der Waals surface area contributed by atoms with Gasteiger partial charge in [-0.05, 0) is 45.2 Å². The van der Waals surface area contributed by atoms with Crippen molar-refractivity contribution in [3.63, 3.8) is 0 Å². The molecule has 5 atom stereocenters. The van der Waals surface area contributed by atoms with Crippen LogP contribution in [-0.4, -0.2) is 63.1 Å². The molecule has 0 radical (unpaired) electrons. The first-order valence-electron chi connectivity index (χ1n) is 10.6. The minimum absolute atomic E-state index is 0.0908.